The highest BCUT2D eigenvalue weighted by molar-refractivity contribution is 8.01. The summed E-state index contributed by atoms with van der Waals surface area (Å²) in [7, 11) is 0. The Morgan fingerprint density at radius 3 is 3.00 bits per heavy atom. The van der Waals surface area contributed by atoms with Crippen molar-refractivity contribution in [2.45, 2.75) is 17.8 Å². The van der Waals surface area contributed by atoms with Gasteiger partial charge in [-0.1, -0.05) is 28.7 Å². The van der Waals surface area contributed by atoms with Crippen LogP contribution in [0.15, 0.2) is 33.7 Å². The summed E-state index contributed by atoms with van der Waals surface area (Å²) < 4.78 is 1.87. The van der Waals surface area contributed by atoms with Crippen LogP contribution in [0.3, 0.4) is 0 Å². The Balaban J connectivity index is 1.49. The van der Waals surface area contributed by atoms with Crippen LogP contribution in [0.25, 0.3) is 10.2 Å². The highest BCUT2D eigenvalue weighted by atomic mass is 32.2. The van der Waals surface area contributed by atoms with E-state index in [0.717, 1.165) is 19.4 Å². The van der Waals surface area contributed by atoms with Gasteiger partial charge in [-0.3, -0.25) is 4.79 Å². The molecule has 1 N–H and O–H groups in total. The number of carbonyl (C=O) groups is 1. The van der Waals surface area contributed by atoms with Gasteiger partial charge in [0, 0.05) is 5.21 Å². The fourth-order valence-electron chi connectivity index (χ4n) is 1.85. The number of thioether (sulfide) groups is 1. The van der Waals surface area contributed by atoms with E-state index in [1.165, 1.54) is 23.1 Å². The first-order valence-corrected chi connectivity index (χ1v) is 9.04. The van der Waals surface area contributed by atoms with Crippen molar-refractivity contribution in [2.75, 3.05) is 5.75 Å². The summed E-state index contributed by atoms with van der Waals surface area (Å²) in [6, 6.07) is 7.76. The molecule has 1 aromatic carbocycles. The lowest BCUT2D eigenvalue weighted by Gasteiger charge is -2.00. The molecule has 0 aliphatic heterocycles. The minimum atomic E-state index is -0.739. The Morgan fingerprint density at radius 2 is 2.27 bits per heavy atom. The number of rotatable bonds is 7. The Morgan fingerprint density at radius 1 is 1.46 bits per heavy atom. The SMILES string of the molecule is CC(Cn1nnc([N+](=O)[O-])n1)=NNC(=O)CSc1nc2ccccc2s1. The van der Waals surface area contributed by atoms with Crippen molar-refractivity contribution in [1.82, 2.24) is 30.6 Å². The van der Waals surface area contributed by atoms with Gasteiger partial charge >= 0.3 is 5.95 Å². The molecule has 3 rings (SSSR count). The van der Waals surface area contributed by atoms with Crippen LogP contribution in [0.1, 0.15) is 6.92 Å². The summed E-state index contributed by atoms with van der Waals surface area (Å²) in [5.41, 5.74) is 3.79. The second-order valence-electron chi connectivity index (χ2n) is 5.00. The smallest absolute Gasteiger partial charge is 0.390 e. The molecule has 0 fully saturated rings. The van der Waals surface area contributed by atoms with Gasteiger partial charge in [-0.25, -0.2) is 10.4 Å². The molecule has 0 radical (unpaired) electrons. The lowest BCUT2D eigenvalue weighted by atomic mass is 10.3. The number of hydrogen-bond acceptors (Lipinski definition) is 10. The second-order valence-corrected chi connectivity index (χ2v) is 7.25. The number of hydrazone groups is 1. The normalized spacial score (nSPS) is 11.7. The molecule has 0 saturated heterocycles. The highest BCUT2D eigenvalue weighted by Gasteiger charge is 2.15. The minimum Gasteiger partial charge on any atom is -0.390 e. The monoisotopic (exact) mass is 392 g/mol. The van der Waals surface area contributed by atoms with Crippen LogP contribution in [-0.4, -0.2) is 47.5 Å². The zero-order valence-corrected chi connectivity index (χ0v) is 15.0. The van der Waals surface area contributed by atoms with E-state index in [0.29, 0.717) is 5.71 Å². The number of nitrogens with zero attached hydrogens (tertiary/aromatic N) is 7. The maximum Gasteiger partial charge on any atom is 0.514 e. The summed E-state index contributed by atoms with van der Waals surface area (Å²) in [6.45, 7) is 1.71. The number of carbonyl (C=O) groups excluding carboxylic acids is 1. The number of fused-ring (bicyclic) bond motifs is 1. The van der Waals surface area contributed by atoms with Crippen LogP contribution in [0.5, 0.6) is 0 Å². The molecule has 0 bridgehead atoms. The summed E-state index contributed by atoms with van der Waals surface area (Å²) in [6.07, 6.45) is 0. The standard InChI is InChI=1S/C13H12N8O3S2/c1-8(6-20-18-12(17-19-20)21(23)24)15-16-11(22)7-25-13-14-9-4-2-3-5-10(9)26-13/h2-5H,6-7H2,1H3,(H,16,22). The lowest BCUT2D eigenvalue weighted by molar-refractivity contribution is -0.394. The van der Waals surface area contributed by atoms with Gasteiger partial charge in [-0.2, -0.15) is 5.10 Å². The molecule has 1 amide bonds. The van der Waals surface area contributed by atoms with Gasteiger partial charge in [0.15, 0.2) is 4.34 Å². The van der Waals surface area contributed by atoms with E-state index in [1.54, 1.807) is 6.92 Å². The van der Waals surface area contributed by atoms with Crippen molar-refractivity contribution in [3.8, 4) is 0 Å². The van der Waals surface area contributed by atoms with Crippen molar-refractivity contribution in [3.63, 3.8) is 0 Å². The number of hydrogen-bond donors (Lipinski definition) is 1. The van der Waals surface area contributed by atoms with Crippen LogP contribution < -0.4 is 5.43 Å². The van der Waals surface area contributed by atoms with Gasteiger partial charge in [0.05, 0.1) is 31.9 Å². The molecule has 0 atom stereocenters. The predicted octanol–water partition coefficient (Wildman–Crippen LogP) is 1.48. The molecular formula is C13H12N8O3S2. The van der Waals surface area contributed by atoms with Crippen LogP contribution in [0.4, 0.5) is 5.95 Å². The quantitative estimate of drug-likeness (QED) is 0.276. The van der Waals surface area contributed by atoms with E-state index in [9.17, 15) is 14.9 Å². The molecule has 26 heavy (non-hydrogen) atoms. The molecule has 13 heteroatoms. The third-order valence-electron chi connectivity index (χ3n) is 2.95. The van der Waals surface area contributed by atoms with Crippen molar-refractivity contribution in [3.05, 3.63) is 34.4 Å². The molecule has 134 valence electrons. The first-order chi connectivity index (χ1) is 12.5. The summed E-state index contributed by atoms with van der Waals surface area (Å²) >= 11 is 2.85. The Kier molecular flexibility index (Phi) is 5.48. The number of nitro groups is 1. The number of aromatic nitrogens is 5. The van der Waals surface area contributed by atoms with E-state index in [2.05, 4.69) is 30.9 Å². The van der Waals surface area contributed by atoms with Crippen molar-refractivity contribution >= 4 is 50.9 Å². The Bertz CT molecular complexity index is 950. The maximum atomic E-state index is 11.9. The topological polar surface area (TPSA) is 141 Å². The van der Waals surface area contributed by atoms with Crippen LogP contribution in [0, 0.1) is 10.1 Å². The molecule has 0 aliphatic carbocycles. The molecule has 11 nitrogen and oxygen atoms in total. The van der Waals surface area contributed by atoms with E-state index < -0.39 is 10.9 Å². The lowest BCUT2D eigenvalue weighted by Crippen LogP contribution is -2.22. The van der Waals surface area contributed by atoms with Crippen molar-refractivity contribution in [1.29, 1.82) is 0 Å². The zero-order valence-electron chi connectivity index (χ0n) is 13.4. The summed E-state index contributed by atoms with van der Waals surface area (Å²) in [4.78, 5) is 27.1. The number of benzene rings is 1. The van der Waals surface area contributed by atoms with E-state index in [1.807, 2.05) is 24.3 Å². The maximum absolute atomic E-state index is 11.9. The average molecular weight is 392 g/mol. The van der Waals surface area contributed by atoms with Crippen molar-refractivity contribution < 1.29 is 9.72 Å². The molecule has 0 saturated carbocycles. The number of tetrazole rings is 1. The molecule has 2 aromatic heterocycles. The summed E-state index contributed by atoms with van der Waals surface area (Å²) in [5, 5.41) is 24.8. The third kappa shape index (κ3) is 4.58. The molecule has 3 aromatic rings. The molecule has 0 unspecified atom stereocenters. The van der Waals surface area contributed by atoms with E-state index >= 15 is 0 Å². The van der Waals surface area contributed by atoms with Gasteiger partial charge in [0.2, 0.25) is 0 Å². The van der Waals surface area contributed by atoms with E-state index in [-0.39, 0.29) is 18.2 Å². The van der Waals surface area contributed by atoms with Gasteiger partial charge in [0.25, 0.3) is 5.91 Å². The van der Waals surface area contributed by atoms with Crippen LogP contribution in [0.2, 0.25) is 0 Å². The minimum absolute atomic E-state index is 0.0755. The number of nitrogens with one attached hydrogen (secondary N) is 1. The Labute approximate surface area is 154 Å². The van der Waals surface area contributed by atoms with E-state index in [4.69, 9.17) is 0 Å². The highest BCUT2D eigenvalue weighted by Crippen LogP contribution is 2.28. The molecule has 2 heterocycles. The van der Waals surface area contributed by atoms with Crippen molar-refractivity contribution in [2.24, 2.45) is 5.10 Å². The average Bonchev–Trinajstić information content (AvgIpc) is 3.24. The predicted molar refractivity (Wildman–Crippen MR) is 96.1 cm³/mol. The molecule has 0 aliphatic rings. The Hall–Kier alpha value is -2.93. The molecular weight excluding hydrogens is 380 g/mol. The van der Waals surface area contributed by atoms with Gasteiger partial charge in [-0.05, 0) is 24.0 Å². The first kappa shape index (κ1) is 17.9. The second kappa shape index (κ2) is 7.97. The fraction of sp³-hybridized carbons (Fsp3) is 0.231. The van der Waals surface area contributed by atoms with Gasteiger partial charge in [0.1, 0.15) is 6.54 Å². The largest absolute Gasteiger partial charge is 0.514 e. The van der Waals surface area contributed by atoms with Crippen LogP contribution in [-0.2, 0) is 11.3 Å². The third-order valence-corrected chi connectivity index (χ3v) is 5.13. The fourth-order valence-corrected chi connectivity index (χ4v) is 3.71. The van der Waals surface area contributed by atoms with Gasteiger partial charge in [-0.15, -0.1) is 11.3 Å². The van der Waals surface area contributed by atoms with Crippen LogP contribution >= 0.6 is 23.1 Å². The summed E-state index contributed by atoms with van der Waals surface area (Å²) in [5.74, 6) is -0.705. The first-order valence-electron chi connectivity index (χ1n) is 7.24. The number of thiazole rings is 1. The molecule has 0 spiro atoms. The number of para-hydroxylation sites is 1. The zero-order chi connectivity index (χ0) is 18.5. The van der Waals surface area contributed by atoms with Gasteiger partial charge < -0.3 is 10.1 Å². The number of amides is 1.